The van der Waals surface area contributed by atoms with Crippen LogP contribution in [0.1, 0.15) is 16.2 Å². The minimum atomic E-state index is -3.05. The zero-order chi connectivity index (χ0) is 15.9. The molecule has 8 heteroatoms. The highest BCUT2D eigenvalue weighted by Crippen LogP contribution is 2.32. The number of nitrogens with one attached hydrogen (secondary N) is 1. The van der Waals surface area contributed by atoms with Crippen LogP contribution in [-0.2, 0) is 14.6 Å². The number of amides is 1. The van der Waals surface area contributed by atoms with Gasteiger partial charge in [-0.1, -0.05) is 0 Å². The largest absolute Gasteiger partial charge is 0.302 e. The summed E-state index contributed by atoms with van der Waals surface area (Å²) in [6.07, 6.45) is 0.398. The molecule has 1 atom stereocenters. The van der Waals surface area contributed by atoms with Crippen molar-refractivity contribution in [3.63, 3.8) is 0 Å². The van der Waals surface area contributed by atoms with Crippen LogP contribution in [0.15, 0.2) is 11.4 Å². The Kier molecular flexibility index (Phi) is 4.09. The van der Waals surface area contributed by atoms with E-state index in [0.29, 0.717) is 11.6 Å². The van der Waals surface area contributed by atoms with Crippen molar-refractivity contribution in [2.45, 2.75) is 20.3 Å². The van der Waals surface area contributed by atoms with Crippen LogP contribution in [0.5, 0.6) is 0 Å². The molecular formula is C14H16N2O3S3. The zero-order valence-electron chi connectivity index (χ0n) is 12.3. The normalized spacial score (nSPS) is 20.2. The van der Waals surface area contributed by atoms with E-state index in [4.69, 9.17) is 0 Å². The molecule has 1 aliphatic rings. The number of anilines is 1. The van der Waals surface area contributed by atoms with Crippen molar-refractivity contribution in [1.82, 2.24) is 4.98 Å². The van der Waals surface area contributed by atoms with Crippen molar-refractivity contribution >= 4 is 43.5 Å². The lowest BCUT2D eigenvalue weighted by Gasteiger charge is -2.06. The summed E-state index contributed by atoms with van der Waals surface area (Å²) < 4.78 is 22.9. The predicted molar refractivity (Wildman–Crippen MR) is 90.3 cm³/mol. The predicted octanol–water partition coefficient (Wildman–Crippen LogP) is 2.86. The molecule has 1 N–H and O–H groups in total. The maximum atomic E-state index is 12.1. The van der Waals surface area contributed by atoms with Crippen molar-refractivity contribution in [2.24, 2.45) is 5.92 Å². The van der Waals surface area contributed by atoms with E-state index in [0.717, 1.165) is 11.3 Å². The number of thiazole rings is 1. The average Bonchev–Trinajstić information content (AvgIpc) is 3.09. The fraction of sp³-hybridized carbons (Fsp3) is 0.429. The summed E-state index contributed by atoms with van der Waals surface area (Å²) in [4.78, 5) is 19.0. The Morgan fingerprint density at radius 1 is 1.41 bits per heavy atom. The van der Waals surface area contributed by atoms with Crippen LogP contribution in [-0.4, -0.2) is 30.8 Å². The number of nitrogens with zero attached hydrogens (tertiary/aromatic N) is 1. The van der Waals surface area contributed by atoms with Gasteiger partial charge in [0.1, 0.15) is 0 Å². The number of rotatable bonds is 3. The van der Waals surface area contributed by atoms with Crippen LogP contribution in [0.25, 0.3) is 11.3 Å². The minimum Gasteiger partial charge on any atom is -0.302 e. The van der Waals surface area contributed by atoms with Crippen LogP contribution in [0, 0.1) is 19.8 Å². The molecule has 0 radical (unpaired) electrons. The van der Waals surface area contributed by atoms with E-state index < -0.39 is 15.8 Å². The number of carbonyl (C=O) groups is 1. The molecule has 1 saturated heterocycles. The van der Waals surface area contributed by atoms with Gasteiger partial charge in [0, 0.05) is 20.7 Å². The summed E-state index contributed by atoms with van der Waals surface area (Å²) >= 11 is 3.08. The standard InChI is InChI=1S/C14H16N2O3S3/c1-8-5-11(9(2)21-8)12-6-20-14(15-12)16-13(17)10-3-4-22(18,19)7-10/h5-6,10H,3-4,7H2,1-2H3,(H,15,16,17). The van der Waals surface area contributed by atoms with Crippen molar-refractivity contribution in [3.05, 3.63) is 21.2 Å². The van der Waals surface area contributed by atoms with Crippen molar-refractivity contribution < 1.29 is 13.2 Å². The molecule has 1 aliphatic heterocycles. The van der Waals surface area contributed by atoms with E-state index in [1.807, 2.05) is 12.3 Å². The van der Waals surface area contributed by atoms with Crippen LogP contribution < -0.4 is 5.32 Å². The van der Waals surface area contributed by atoms with E-state index >= 15 is 0 Å². The monoisotopic (exact) mass is 356 g/mol. The lowest BCUT2D eigenvalue weighted by atomic mass is 10.1. The number of sulfone groups is 1. The molecule has 2 aromatic heterocycles. The van der Waals surface area contributed by atoms with Crippen LogP contribution in [0.4, 0.5) is 5.13 Å². The Morgan fingerprint density at radius 3 is 2.77 bits per heavy atom. The maximum Gasteiger partial charge on any atom is 0.230 e. The smallest absolute Gasteiger partial charge is 0.230 e. The molecule has 0 aromatic carbocycles. The second-order valence-electron chi connectivity index (χ2n) is 5.45. The first-order valence-electron chi connectivity index (χ1n) is 6.88. The molecule has 3 heterocycles. The maximum absolute atomic E-state index is 12.1. The molecule has 5 nitrogen and oxygen atoms in total. The second kappa shape index (κ2) is 5.75. The highest BCUT2D eigenvalue weighted by molar-refractivity contribution is 7.91. The van der Waals surface area contributed by atoms with Crippen LogP contribution in [0.2, 0.25) is 0 Å². The second-order valence-corrected chi connectivity index (χ2v) is 10.0. The third-order valence-electron chi connectivity index (χ3n) is 3.65. The third-order valence-corrected chi connectivity index (χ3v) is 7.15. The van der Waals surface area contributed by atoms with E-state index in [1.165, 1.54) is 21.1 Å². The Hall–Kier alpha value is -1.25. The molecule has 118 valence electrons. The first-order valence-corrected chi connectivity index (χ1v) is 10.4. The summed E-state index contributed by atoms with van der Waals surface area (Å²) in [5.74, 6) is -0.663. The lowest BCUT2D eigenvalue weighted by Crippen LogP contribution is -2.23. The topological polar surface area (TPSA) is 76.1 Å². The SMILES string of the molecule is Cc1cc(-c2csc(NC(=O)C3CCS(=O)(=O)C3)n2)c(C)s1. The molecule has 0 spiro atoms. The van der Waals surface area contributed by atoms with Crippen molar-refractivity contribution in [3.8, 4) is 11.3 Å². The Balaban J connectivity index is 1.72. The van der Waals surface area contributed by atoms with E-state index in [2.05, 4.69) is 23.3 Å². The summed E-state index contributed by atoms with van der Waals surface area (Å²) in [6.45, 7) is 4.10. The molecular weight excluding hydrogens is 340 g/mol. The molecule has 2 aromatic rings. The van der Waals surface area contributed by atoms with E-state index in [-0.39, 0.29) is 17.4 Å². The van der Waals surface area contributed by atoms with Gasteiger partial charge in [0.05, 0.1) is 23.1 Å². The van der Waals surface area contributed by atoms with Gasteiger partial charge in [-0.15, -0.1) is 22.7 Å². The highest BCUT2D eigenvalue weighted by Gasteiger charge is 2.33. The summed E-state index contributed by atoms with van der Waals surface area (Å²) in [5, 5.41) is 5.18. The molecule has 0 saturated carbocycles. The number of hydrogen-bond donors (Lipinski definition) is 1. The number of hydrogen-bond acceptors (Lipinski definition) is 6. The number of thiophene rings is 1. The molecule has 3 rings (SSSR count). The Labute approximate surface area is 137 Å². The Morgan fingerprint density at radius 2 is 2.18 bits per heavy atom. The van der Waals surface area contributed by atoms with Gasteiger partial charge >= 0.3 is 0 Å². The van der Waals surface area contributed by atoms with Gasteiger partial charge in [0.15, 0.2) is 15.0 Å². The number of carbonyl (C=O) groups excluding carboxylic acids is 1. The van der Waals surface area contributed by atoms with Gasteiger partial charge in [-0.05, 0) is 26.3 Å². The quantitative estimate of drug-likeness (QED) is 0.917. The van der Waals surface area contributed by atoms with Gasteiger partial charge in [0.25, 0.3) is 0 Å². The van der Waals surface area contributed by atoms with Gasteiger partial charge in [-0.3, -0.25) is 4.79 Å². The molecule has 0 bridgehead atoms. The van der Waals surface area contributed by atoms with Crippen molar-refractivity contribution in [1.29, 1.82) is 0 Å². The van der Waals surface area contributed by atoms with Crippen LogP contribution >= 0.6 is 22.7 Å². The average molecular weight is 356 g/mol. The molecule has 1 unspecified atom stereocenters. The molecule has 1 fully saturated rings. The van der Waals surface area contributed by atoms with E-state index in [1.54, 1.807) is 11.3 Å². The summed E-state index contributed by atoms with van der Waals surface area (Å²) in [5.41, 5.74) is 1.93. The minimum absolute atomic E-state index is 0.0557. The molecule has 0 aliphatic carbocycles. The van der Waals surface area contributed by atoms with E-state index in [9.17, 15) is 13.2 Å². The summed E-state index contributed by atoms with van der Waals surface area (Å²) in [7, 11) is -3.05. The Bertz CT molecular complexity index is 820. The van der Waals surface area contributed by atoms with Crippen molar-refractivity contribution in [2.75, 3.05) is 16.8 Å². The molecule has 22 heavy (non-hydrogen) atoms. The van der Waals surface area contributed by atoms with Crippen LogP contribution in [0.3, 0.4) is 0 Å². The molecule has 1 amide bonds. The fourth-order valence-electron chi connectivity index (χ4n) is 2.55. The summed E-state index contributed by atoms with van der Waals surface area (Å²) in [6, 6.07) is 2.09. The number of aromatic nitrogens is 1. The van der Waals surface area contributed by atoms with Gasteiger partial charge < -0.3 is 5.32 Å². The van der Waals surface area contributed by atoms with Gasteiger partial charge in [0.2, 0.25) is 5.91 Å². The fourth-order valence-corrected chi connectivity index (χ4v) is 5.94. The highest BCUT2D eigenvalue weighted by atomic mass is 32.2. The zero-order valence-corrected chi connectivity index (χ0v) is 14.7. The lowest BCUT2D eigenvalue weighted by molar-refractivity contribution is -0.119. The third kappa shape index (κ3) is 3.23. The number of aryl methyl sites for hydroxylation is 2. The van der Waals surface area contributed by atoms with Gasteiger partial charge in [-0.2, -0.15) is 0 Å². The van der Waals surface area contributed by atoms with Gasteiger partial charge in [-0.25, -0.2) is 13.4 Å². The first-order chi connectivity index (χ1) is 10.3. The first kappa shape index (κ1) is 15.6.